The zero-order valence-electron chi connectivity index (χ0n) is 9.49. The number of aromatic nitrogens is 1. The van der Waals surface area contributed by atoms with Crippen LogP contribution in [0.3, 0.4) is 0 Å². The van der Waals surface area contributed by atoms with Crippen LogP contribution >= 0.6 is 11.3 Å². The van der Waals surface area contributed by atoms with Crippen LogP contribution in [0.2, 0.25) is 0 Å². The maximum Gasteiger partial charge on any atom is 0.107 e. The van der Waals surface area contributed by atoms with Crippen molar-refractivity contribution in [2.75, 3.05) is 20.1 Å². The summed E-state index contributed by atoms with van der Waals surface area (Å²) in [6, 6.07) is 0. The molecule has 1 aromatic heterocycles. The highest BCUT2D eigenvalue weighted by molar-refractivity contribution is 7.09. The maximum atomic E-state index is 4.55. The van der Waals surface area contributed by atoms with Crippen LogP contribution in [0.25, 0.3) is 0 Å². The van der Waals surface area contributed by atoms with Crippen LogP contribution in [0, 0.1) is 0 Å². The molecule has 1 rings (SSSR count). The van der Waals surface area contributed by atoms with Crippen molar-refractivity contribution in [1.82, 2.24) is 15.2 Å². The number of nitrogens with one attached hydrogen (secondary N) is 1. The quantitative estimate of drug-likeness (QED) is 0.718. The first-order valence-electron chi connectivity index (χ1n) is 5.21. The molecule has 4 heteroatoms. The summed E-state index contributed by atoms with van der Waals surface area (Å²) in [6.45, 7) is 9.65. The SMILES string of the molecule is C=CCN(CC)Cc1csc(CNC)n1. The van der Waals surface area contributed by atoms with Crippen LogP contribution in [-0.2, 0) is 13.1 Å². The average molecular weight is 225 g/mol. The molecule has 15 heavy (non-hydrogen) atoms. The summed E-state index contributed by atoms with van der Waals surface area (Å²) in [5.41, 5.74) is 1.16. The van der Waals surface area contributed by atoms with Gasteiger partial charge in [-0.3, -0.25) is 4.90 Å². The van der Waals surface area contributed by atoms with Crippen molar-refractivity contribution in [3.63, 3.8) is 0 Å². The van der Waals surface area contributed by atoms with Gasteiger partial charge in [0.05, 0.1) is 5.69 Å². The summed E-state index contributed by atoms with van der Waals surface area (Å²) < 4.78 is 0. The number of rotatable bonds is 7. The summed E-state index contributed by atoms with van der Waals surface area (Å²) in [5.74, 6) is 0. The Hall–Kier alpha value is -0.710. The summed E-state index contributed by atoms with van der Waals surface area (Å²) in [7, 11) is 1.94. The lowest BCUT2D eigenvalue weighted by atomic mass is 10.4. The van der Waals surface area contributed by atoms with E-state index in [9.17, 15) is 0 Å². The average Bonchev–Trinajstić information content (AvgIpc) is 2.66. The number of hydrogen-bond donors (Lipinski definition) is 1. The highest BCUT2D eigenvalue weighted by Crippen LogP contribution is 2.11. The fraction of sp³-hybridized carbons (Fsp3) is 0.545. The first kappa shape index (κ1) is 12.4. The Morgan fingerprint density at radius 3 is 3.07 bits per heavy atom. The molecule has 0 fully saturated rings. The maximum absolute atomic E-state index is 4.55. The van der Waals surface area contributed by atoms with Crippen molar-refractivity contribution in [3.05, 3.63) is 28.7 Å². The second-order valence-corrected chi connectivity index (χ2v) is 4.32. The number of likely N-dealkylation sites (N-methyl/N-ethyl adjacent to an activating group) is 1. The Balaban J connectivity index is 2.50. The molecule has 0 radical (unpaired) electrons. The molecule has 0 saturated carbocycles. The Morgan fingerprint density at radius 1 is 1.67 bits per heavy atom. The van der Waals surface area contributed by atoms with Crippen LogP contribution in [0.15, 0.2) is 18.0 Å². The Labute approximate surface area is 95.8 Å². The number of hydrogen-bond acceptors (Lipinski definition) is 4. The lowest BCUT2D eigenvalue weighted by Gasteiger charge is -2.16. The fourth-order valence-corrected chi connectivity index (χ4v) is 2.17. The van der Waals surface area contributed by atoms with Gasteiger partial charge in [-0.1, -0.05) is 13.0 Å². The van der Waals surface area contributed by atoms with Crippen LogP contribution in [0.1, 0.15) is 17.6 Å². The lowest BCUT2D eigenvalue weighted by Crippen LogP contribution is -2.22. The van der Waals surface area contributed by atoms with Gasteiger partial charge in [-0.25, -0.2) is 4.98 Å². The molecule has 0 aliphatic carbocycles. The summed E-state index contributed by atoms with van der Waals surface area (Å²) in [4.78, 5) is 6.86. The lowest BCUT2D eigenvalue weighted by molar-refractivity contribution is 0.308. The third kappa shape index (κ3) is 4.11. The van der Waals surface area contributed by atoms with E-state index in [1.54, 1.807) is 11.3 Å². The molecule has 0 unspecified atom stereocenters. The molecule has 84 valence electrons. The van der Waals surface area contributed by atoms with Crippen molar-refractivity contribution in [2.45, 2.75) is 20.0 Å². The molecular weight excluding hydrogens is 206 g/mol. The van der Waals surface area contributed by atoms with E-state index < -0.39 is 0 Å². The molecule has 0 atom stereocenters. The van der Waals surface area contributed by atoms with Crippen LogP contribution in [0.5, 0.6) is 0 Å². The molecule has 1 N–H and O–H groups in total. The van der Waals surface area contributed by atoms with Crippen molar-refractivity contribution >= 4 is 11.3 Å². The zero-order valence-corrected chi connectivity index (χ0v) is 10.3. The molecule has 0 aliphatic heterocycles. The molecule has 0 aromatic carbocycles. The minimum absolute atomic E-state index is 0.859. The molecule has 0 amide bonds. The van der Waals surface area contributed by atoms with Gasteiger partial charge >= 0.3 is 0 Å². The number of nitrogens with zero attached hydrogens (tertiary/aromatic N) is 2. The smallest absolute Gasteiger partial charge is 0.107 e. The molecule has 1 heterocycles. The predicted octanol–water partition coefficient (Wildman–Crippen LogP) is 1.87. The minimum Gasteiger partial charge on any atom is -0.314 e. The van der Waals surface area contributed by atoms with Gasteiger partial charge in [0.15, 0.2) is 0 Å². The van der Waals surface area contributed by atoms with Crippen molar-refractivity contribution in [3.8, 4) is 0 Å². The molecular formula is C11H19N3S. The van der Waals surface area contributed by atoms with Crippen molar-refractivity contribution in [2.24, 2.45) is 0 Å². The third-order valence-corrected chi connectivity index (χ3v) is 3.05. The molecule has 3 nitrogen and oxygen atoms in total. The summed E-state index contributed by atoms with van der Waals surface area (Å²) >= 11 is 1.72. The largest absolute Gasteiger partial charge is 0.314 e. The zero-order chi connectivity index (χ0) is 11.1. The normalized spacial score (nSPS) is 10.9. The van der Waals surface area contributed by atoms with Gasteiger partial charge in [-0.05, 0) is 13.6 Å². The highest BCUT2D eigenvalue weighted by atomic mass is 32.1. The highest BCUT2D eigenvalue weighted by Gasteiger charge is 2.05. The van der Waals surface area contributed by atoms with Crippen LogP contribution in [-0.4, -0.2) is 30.0 Å². The van der Waals surface area contributed by atoms with Gasteiger partial charge in [0, 0.05) is 25.0 Å². The van der Waals surface area contributed by atoms with Gasteiger partial charge in [-0.2, -0.15) is 0 Å². The molecule has 0 saturated heterocycles. The van der Waals surface area contributed by atoms with Gasteiger partial charge in [0.1, 0.15) is 5.01 Å². The topological polar surface area (TPSA) is 28.2 Å². The Kier molecular flexibility index (Phi) is 5.53. The Morgan fingerprint density at radius 2 is 2.47 bits per heavy atom. The first-order chi connectivity index (χ1) is 7.30. The van der Waals surface area contributed by atoms with E-state index in [0.29, 0.717) is 0 Å². The molecule has 0 spiro atoms. The van der Waals surface area contributed by atoms with E-state index in [1.807, 2.05) is 13.1 Å². The first-order valence-corrected chi connectivity index (χ1v) is 6.09. The number of thiazole rings is 1. The second-order valence-electron chi connectivity index (χ2n) is 3.38. The summed E-state index contributed by atoms with van der Waals surface area (Å²) in [5, 5.41) is 6.40. The molecule has 0 aliphatic rings. The van der Waals surface area contributed by atoms with E-state index in [2.05, 4.69) is 34.1 Å². The van der Waals surface area contributed by atoms with E-state index in [0.717, 1.165) is 36.9 Å². The fourth-order valence-electron chi connectivity index (χ4n) is 1.37. The summed E-state index contributed by atoms with van der Waals surface area (Å²) in [6.07, 6.45) is 1.93. The second kappa shape index (κ2) is 6.71. The van der Waals surface area contributed by atoms with Gasteiger partial charge < -0.3 is 5.32 Å². The molecule has 1 aromatic rings. The van der Waals surface area contributed by atoms with E-state index in [-0.39, 0.29) is 0 Å². The van der Waals surface area contributed by atoms with Gasteiger partial charge in [0.2, 0.25) is 0 Å². The van der Waals surface area contributed by atoms with Gasteiger partial charge in [0.25, 0.3) is 0 Å². The van der Waals surface area contributed by atoms with Gasteiger partial charge in [-0.15, -0.1) is 17.9 Å². The third-order valence-electron chi connectivity index (χ3n) is 2.15. The van der Waals surface area contributed by atoms with E-state index in [1.165, 1.54) is 0 Å². The standard InChI is InChI=1S/C11H19N3S/c1-4-6-14(5-2)8-10-9-15-11(13-10)7-12-3/h4,9,12H,1,5-8H2,2-3H3. The minimum atomic E-state index is 0.859. The predicted molar refractivity (Wildman–Crippen MR) is 66.0 cm³/mol. The molecule has 0 bridgehead atoms. The van der Waals surface area contributed by atoms with Crippen LogP contribution < -0.4 is 5.32 Å². The van der Waals surface area contributed by atoms with Crippen LogP contribution in [0.4, 0.5) is 0 Å². The van der Waals surface area contributed by atoms with E-state index in [4.69, 9.17) is 0 Å². The van der Waals surface area contributed by atoms with E-state index >= 15 is 0 Å². The Bertz CT molecular complexity index is 296. The van der Waals surface area contributed by atoms with Crippen molar-refractivity contribution in [1.29, 1.82) is 0 Å². The van der Waals surface area contributed by atoms with Crippen molar-refractivity contribution < 1.29 is 0 Å². The monoisotopic (exact) mass is 225 g/mol.